The molecule has 0 atom stereocenters. The molecule has 0 bridgehead atoms. The van der Waals surface area contributed by atoms with E-state index in [0.717, 1.165) is 6.07 Å². The number of methoxy groups -OCH3 is 2. The van der Waals surface area contributed by atoms with E-state index in [9.17, 15) is 23.8 Å². The normalized spacial score (nSPS) is 11.8. The largest absolute Gasteiger partial charge is 0.504 e. The van der Waals surface area contributed by atoms with Crippen molar-refractivity contribution in [3.05, 3.63) is 77.0 Å². The van der Waals surface area contributed by atoms with Gasteiger partial charge in [-0.3, -0.25) is 0 Å². The van der Waals surface area contributed by atoms with Crippen molar-refractivity contribution < 1.29 is 33.3 Å². The lowest BCUT2D eigenvalue weighted by molar-refractivity contribution is 0.0696. The number of halogens is 2. The van der Waals surface area contributed by atoms with Crippen LogP contribution in [-0.4, -0.2) is 41.6 Å². The fourth-order valence-electron chi connectivity index (χ4n) is 4.86. The Labute approximate surface area is 207 Å². The maximum Gasteiger partial charge on any atom is 0.335 e. The number of carbonyl (C=O) groups is 1. The summed E-state index contributed by atoms with van der Waals surface area (Å²) in [4.78, 5) is 11.9. The molecule has 36 heavy (non-hydrogen) atoms. The third-order valence-electron chi connectivity index (χ3n) is 6.43. The first kappa shape index (κ1) is 25.2. The Balaban J connectivity index is 2.27. The summed E-state index contributed by atoms with van der Waals surface area (Å²) < 4.78 is 41.6. The van der Waals surface area contributed by atoms with Gasteiger partial charge in [-0.2, -0.15) is 0 Å². The highest BCUT2D eigenvalue weighted by molar-refractivity contribution is 6.05. The predicted molar refractivity (Wildman–Crippen MR) is 133 cm³/mol. The molecule has 0 saturated carbocycles. The summed E-state index contributed by atoms with van der Waals surface area (Å²) in [6, 6.07) is 11.9. The lowest BCUT2D eigenvalue weighted by Gasteiger charge is -2.28. The molecule has 0 amide bonds. The number of aromatic hydroxyl groups is 1. The van der Waals surface area contributed by atoms with Crippen molar-refractivity contribution in [3.63, 3.8) is 0 Å². The number of nitrogens with zero attached hydrogens (tertiary/aromatic N) is 1. The smallest absolute Gasteiger partial charge is 0.335 e. The number of rotatable bonds is 7. The Morgan fingerprint density at radius 3 is 2.39 bits per heavy atom. The highest BCUT2D eigenvalue weighted by Gasteiger charge is 2.34. The van der Waals surface area contributed by atoms with Crippen molar-refractivity contribution in [1.29, 1.82) is 0 Å². The van der Waals surface area contributed by atoms with Crippen LogP contribution in [0.2, 0.25) is 0 Å². The second-order valence-corrected chi connectivity index (χ2v) is 9.27. The SMILES string of the molecule is COCC(C)(C)c1c(-c2cccc(C(=O)O)c2C)c2c(O)c(F)ccc2n1-c1ccc(F)c(OC)c1. The Morgan fingerprint density at radius 2 is 1.75 bits per heavy atom. The molecule has 0 saturated heterocycles. The Morgan fingerprint density at radius 1 is 1.06 bits per heavy atom. The van der Waals surface area contributed by atoms with Gasteiger partial charge in [-0.05, 0) is 48.4 Å². The van der Waals surface area contributed by atoms with Gasteiger partial charge in [0.2, 0.25) is 0 Å². The van der Waals surface area contributed by atoms with E-state index >= 15 is 0 Å². The molecule has 0 aliphatic carbocycles. The number of carboxylic acid groups (broad SMARTS) is 1. The lowest BCUT2D eigenvalue weighted by atomic mass is 9.83. The minimum Gasteiger partial charge on any atom is -0.504 e. The molecular weight excluding hydrogens is 468 g/mol. The van der Waals surface area contributed by atoms with Crippen LogP contribution in [0.3, 0.4) is 0 Å². The molecule has 6 nitrogen and oxygen atoms in total. The first-order valence-electron chi connectivity index (χ1n) is 11.3. The minimum absolute atomic E-state index is 0.0155. The topological polar surface area (TPSA) is 80.9 Å². The Kier molecular flexibility index (Phi) is 6.49. The summed E-state index contributed by atoms with van der Waals surface area (Å²) in [5.74, 6) is -3.02. The zero-order valence-corrected chi connectivity index (χ0v) is 20.6. The summed E-state index contributed by atoms with van der Waals surface area (Å²) in [6.07, 6.45) is 0. The standard InChI is InChI=1S/C28H27F2NO5/c1-15-17(7-6-8-18(15)27(33)34)23-24-21(12-11-20(30)25(24)32)31(26(23)28(2,3)14-35-4)16-9-10-19(29)22(13-16)36-5/h6-13,32H,14H2,1-5H3,(H,33,34). The molecule has 1 heterocycles. The van der Waals surface area contributed by atoms with E-state index in [4.69, 9.17) is 9.47 Å². The third kappa shape index (κ3) is 3.97. The van der Waals surface area contributed by atoms with Gasteiger partial charge >= 0.3 is 5.97 Å². The zero-order chi connectivity index (χ0) is 26.4. The molecule has 0 fully saturated rings. The summed E-state index contributed by atoms with van der Waals surface area (Å²) in [7, 11) is 2.92. The first-order valence-corrected chi connectivity index (χ1v) is 11.3. The van der Waals surface area contributed by atoms with Gasteiger partial charge < -0.3 is 24.3 Å². The van der Waals surface area contributed by atoms with Crippen LogP contribution in [0, 0.1) is 18.6 Å². The number of phenolic OH excluding ortho intramolecular Hbond substituents is 1. The Bertz CT molecular complexity index is 1490. The van der Waals surface area contributed by atoms with Crippen molar-refractivity contribution in [2.45, 2.75) is 26.2 Å². The van der Waals surface area contributed by atoms with E-state index in [1.807, 2.05) is 13.8 Å². The maximum absolute atomic E-state index is 14.8. The van der Waals surface area contributed by atoms with Gasteiger partial charge in [-0.1, -0.05) is 26.0 Å². The van der Waals surface area contributed by atoms with Gasteiger partial charge in [0.15, 0.2) is 23.1 Å². The van der Waals surface area contributed by atoms with Gasteiger partial charge in [0.05, 0.1) is 30.2 Å². The quantitative estimate of drug-likeness (QED) is 0.318. The molecule has 0 aliphatic heterocycles. The summed E-state index contributed by atoms with van der Waals surface area (Å²) in [5, 5.41) is 20.9. The van der Waals surface area contributed by atoms with Crippen LogP contribution in [0.4, 0.5) is 8.78 Å². The van der Waals surface area contributed by atoms with E-state index in [2.05, 4.69) is 0 Å². The molecule has 0 radical (unpaired) electrons. The molecule has 188 valence electrons. The summed E-state index contributed by atoms with van der Waals surface area (Å²) in [6.45, 7) is 5.77. The van der Waals surface area contributed by atoms with Crippen molar-refractivity contribution >= 4 is 16.9 Å². The Hall–Kier alpha value is -3.91. The maximum atomic E-state index is 14.8. The van der Waals surface area contributed by atoms with Gasteiger partial charge in [0, 0.05) is 35.5 Å². The zero-order valence-electron chi connectivity index (χ0n) is 20.6. The van der Waals surface area contributed by atoms with Gasteiger partial charge in [0.1, 0.15) is 0 Å². The predicted octanol–water partition coefficient (Wildman–Crippen LogP) is 6.22. The fraction of sp³-hybridized carbons (Fsp3) is 0.250. The van der Waals surface area contributed by atoms with Crippen LogP contribution in [-0.2, 0) is 10.2 Å². The highest BCUT2D eigenvalue weighted by atomic mass is 19.1. The molecule has 3 aromatic carbocycles. The fourth-order valence-corrected chi connectivity index (χ4v) is 4.86. The van der Waals surface area contributed by atoms with Crippen molar-refractivity contribution in [2.75, 3.05) is 20.8 Å². The van der Waals surface area contributed by atoms with Crippen molar-refractivity contribution in [3.8, 4) is 28.3 Å². The lowest BCUT2D eigenvalue weighted by Crippen LogP contribution is -2.27. The van der Waals surface area contributed by atoms with E-state index in [1.165, 1.54) is 31.4 Å². The highest BCUT2D eigenvalue weighted by Crippen LogP contribution is 2.48. The molecule has 0 unspecified atom stereocenters. The summed E-state index contributed by atoms with van der Waals surface area (Å²) >= 11 is 0. The van der Waals surface area contributed by atoms with Gasteiger partial charge in [-0.25, -0.2) is 13.6 Å². The van der Waals surface area contributed by atoms with Crippen LogP contribution < -0.4 is 4.74 Å². The second-order valence-electron chi connectivity index (χ2n) is 9.27. The average Bonchev–Trinajstić information content (AvgIpc) is 3.18. The van der Waals surface area contributed by atoms with Crippen LogP contribution in [0.1, 0.15) is 35.5 Å². The van der Waals surface area contributed by atoms with Crippen molar-refractivity contribution in [1.82, 2.24) is 4.57 Å². The van der Waals surface area contributed by atoms with E-state index < -0.39 is 28.8 Å². The van der Waals surface area contributed by atoms with Gasteiger partial charge in [0.25, 0.3) is 0 Å². The number of benzene rings is 3. The first-order chi connectivity index (χ1) is 17.0. The minimum atomic E-state index is -1.10. The van der Waals surface area contributed by atoms with Crippen LogP contribution in [0.25, 0.3) is 27.7 Å². The van der Waals surface area contributed by atoms with E-state index in [-0.39, 0.29) is 23.3 Å². The summed E-state index contributed by atoms with van der Waals surface area (Å²) in [5.41, 5.74) is 2.40. The molecule has 1 aromatic heterocycles. The molecule has 4 rings (SSSR count). The average molecular weight is 496 g/mol. The number of hydrogen-bond acceptors (Lipinski definition) is 4. The number of fused-ring (bicyclic) bond motifs is 1. The number of carboxylic acids is 1. The number of aromatic nitrogens is 1. The number of ether oxygens (including phenoxy) is 2. The number of hydrogen-bond donors (Lipinski definition) is 2. The number of phenols is 1. The second kappa shape index (κ2) is 9.28. The monoisotopic (exact) mass is 495 g/mol. The molecule has 4 aromatic rings. The molecular formula is C28H27F2NO5. The molecule has 8 heteroatoms. The molecule has 0 aliphatic rings. The molecule has 2 N–H and O–H groups in total. The number of aromatic carboxylic acids is 1. The molecule has 0 spiro atoms. The van der Waals surface area contributed by atoms with Crippen LogP contribution in [0.15, 0.2) is 48.5 Å². The third-order valence-corrected chi connectivity index (χ3v) is 6.43. The van der Waals surface area contributed by atoms with E-state index in [1.54, 1.807) is 36.8 Å². The van der Waals surface area contributed by atoms with Crippen molar-refractivity contribution in [2.24, 2.45) is 0 Å². The van der Waals surface area contributed by atoms with Gasteiger partial charge in [-0.15, -0.1) is 0 Å². The van der Waals surface area contributed by atoms with E-state index in [0.29, 0.717) is 33.6 Å². The van der Waals surface area contributed by atoms with Crippen LogP contribution >= 0.6 is 0 Å². The van der Waals surface area contributed by atoms with Crippen LogP contribution in [0.5, 0.6) is 11.5 Å².